The number of carboxylic acid groups (broad SMARTS) is 1. The van der Waals surface area contributed by atoms with Crippen molar-refractivity contribution in [1.82, 2.24) is 4.98 Å². The second kappa shape index (κ2) is 4.96. The van der Waals surface area contributed by atoms with Crippen LogP contribution in [0.15, 0.2) is 18.3 Å². The van der Waals surface area contributed by atoms with Crippen LogP contribution in [0.4, 0.5) is 19.0 Å². The molecule has 1 aliphatic rings. The van der Waals surface area contributed by atoms with Crippen molar-refractivity contribution >= 4 is 11.8 Å². The van der Waals surface area contributed by atoms with Gasteiger partial charge in [-0.2, -0.15) is 13.2 Å². The first-order valence-electron chi connectivity index (χ1n) is 6.35. The third-order valence-electron chi connectivity index (χ3n) is 3.82. The predicted octanol–water partition coefficient (Wildman–Crippen LogP) is 2.93. The molecule has 0 aliphatic carbocycles. The van der Waals surface area contributed by atoms with Crippen molar-refractivity contribution in [1.29, 1.82) is 0 Å². The molecule has 4 nitrogen and oxygen atoms in total. The van der Waals surface area contributed by atoms with E-state index < -0.39 is 23.2 Å². The largest absolute Gasteiger partial charge is 0.479 e. The Hall–Kier alpha value is -1.79. The maximum absolute atomic E-state index is 12.7. The highest BCUT2D eigenvalue weighted by molar-refractivity contribution is 5.84. The zero-order valence-corrected chi connectivity index (χ0v) is 10.9. The van der Waals surface area contributed by atoms with Crippen LogP contribution in [0.25, 0.3) is 0 Å². The SMILES string of the molecule is CCC1(C(=O)O)CCCN1c1cc(C(F)(F)F)ccn1. The Kier molecular flexibility index (Phi) is 3.62. The van der Waals surface area contributed by atoms with Gasteiger partial charge in [0.15, 0.2) is 0 Å². The molecule has 1 aromatic heterocycles. The van der Waals surface area contributed by atoms with E-state index in [1.54, 1.807) is 6.92 Å². The van der Waals surface area contributed by atoms with E-state index >= 15 is 0 Å². The highest BCUT2D eigenvalue weighted by Crippen LogP contribution is 2.38. The molecule has 1 fully saturated rings. The van der Waals surface area contributed by atoms with E-state index in [-0.39, 0.29) is 5.82 Å². The van der Waals surface area contributed by atoms with Crippen molar-refractivity contribution < 1.29 is 23.1 Å². The van der Waals surface area contributed by atoms with Crippen molar-refractivity contribution in [2.24, 2.45) is 0 Å². The van der Waals surface area contributed by atoms with Crippen LogP contribution in [-0.2, 0) is 11.0 Å². The lowest BCUT2D eigenvalue weighted by Crippen LogP contribution is -2.50. The van der Waals surface area contributed by atoms with Gasteiger partial charge in [-0.15, -0.1) is 0 Å². The van der Waals surface area contributed by atoms with Gasteiger partial charge in [0.05, 0.1) is 5.56 Å². The van der Waals surface area contributed by atoms with Crippen LogP contribution in [0.1, 0.15) is 31.7 Å². The van der Waals surface area contributed by atoms with Crippen molar-refractivity contribution in [2.75, 3.05) is 11.4 Å². The number of hydrogen-bond donors (Lipinski definition) is 1. The fourth-order valence-electron chi connectivity index (χ4n) is 2.70. The number of rotatable bonds is 3. The van der Waals surface area contributed by atoms with Gasteiger partial charge in [0.25, 0.3) is 0 Å². The summed E-state index contributed by atoms with van der Waals surface area (Å²) in [5, 5.41) is 9.43. The molecule has 1 saturated heterocycles. The number of anilines is 1. The molecular weight excluding hydrogens is 273 g/mol. The maximum Gasteiger partial charge on any atom is 0.416 e. The quantitative estimate of drug-likeness (QED) is 0.929. The van der Waals surface area contributed by atoms with Crippen LogP contribution in [-0.4, -0.2) is 28.1 Å². The molecule has 20 heavy (non-hydrogen) atoms. The fraction of sp³-hybridized carbons (Fsp3) is 0.538. The molecule has 1 aromatic rings. The Morgan fingerprint density at radius 3 is 2.80 bits per heavy atom. The number of aromatic nitrogens is 1. The second-order valence-corrected chi connectivity index (χ2v) is 4.85. The third-order valence-corrected chi connectivity index (χ3v) is 3.82. The number of alkyl halides is 3. The van der Waals surface area contributed by atoms with E-state index in [4.69, 9.17) is 0 Å². The van der Waals surface area contributed by atoms with Crippen molar-refractivity contribution in [3.05, 3.63) is 23.9 Å². The van der Waals surface area contributed by atoms with E-state index in [0.717, 1.165) is 18.3 Å². The smallest absolute Gasteiger partial charge is 0.416 e. The highest BCUT2D eigenvalue weighted by Gasteiger charge is 2.47. The Morgan fingerprint density at radius 2 is 2.25 bits per heavy atom. The van der Waals surface area contributed by atoms with Gasteiger partial charge in [-0.3, -0.25) is 0 Å². The number of carbonyl (C=O) groups is 1. The number of aliphatic carboxylic acids is 1. The molecule has 0 spiro atoms. The molecule has 110 valence electrons. The first kappa shape index (κ1) is 14.6. The minimum atomic E-state index is -4.46. The summed E-state index contributed by atoms with van der Waals surface area (Å²) in [6.45, 7) is 2.12. The van der Waals surface area contributed by atoms with Crippen LogP contribution in [0, 0.1) is 0 Å². The average molecular weight is 288 g/mol. The standard InChI is InChI=1S/C13H15F3N2O2/c1-2-12(11(19)20)5-3-7-18(12)10-8-9(4-6-17-10)13(14,15)16/h4,6,8H,2-3,5,7H2,1H3,(H,19,20). The third kappa shape index (κ3) is 2.32. The molecule has 0 radical (unpaired) electrons. The minimum Gasteiger partial charge on any atom is -0.479 e. The summed E-state index contributed by atoms with van der Waals surface area (Å²) < 4.78 is 38.2. The van der Waals surface area contributed by atoms with Crippen LogP contribution in [0.3, 0.4) is 0 Å². The molecule has 2 heterocycles. The van der Waals surface area contributed by atoms with Gasteiger partial charge in [0.1, 0.15) is 11.4 Å². The maximum atomic E-state index is 12.7. The van der Waals surface area contributed by atoms with E-state index in [1.165, 1.54) is 4.90 Å². The molecular formula is C13H15F3N2O2. The van der Waals surface area contributed by atoms with E-state index in [9.17, 15) is 23.1 Å². The van der Waals surface area contributed by atoms with E-state index in [0.29, 0.717) is 25.8 Å². The lowest BCUT2D eigenvalue weighted by atomic mass is 9.93. The Labute approximate surface area is 114 Å². The van der Waals surface area contributed by atoms with E-state index in [1.807, 2.05) is 0 Å². The summed E-state index contributed by atoms with van der Waals surface area (Å²) in [6, 6.07) is 1.80. The molecule has 0 bridgehead atoms. The summed E-state index contributed by atoms with van der Waals surface area (Å²) in [4.78, 5) is 16.9. The fourth-order valence-corrected chi connectivity index (χ4v) is 2.70. The van der Waals surface area contributed by atoms with Crippen LogP contribution >= 0.6 is 0 Å². The monoisotopic (exact) mass is 288 g/mol. The molecule has 1 N–H and O–H groups in total. The molecule has 2 rings (SSSR count). The van der Waals surface area contributed by atoms with Crippen molar-refractivity contribution in [3.63, 3.8) is 0 Å². The molecule has 1 atom stereocenters. The summed E-state index contributed by atoms with van der Waals surface area (Å²) in [5.41, 5.74) is -1.97. The van der Waals surface area contributed by atoms with Crippen molar-refractivity contribution in [3.8, 4) is 0 Å². The Balaban J connectivity index is 2.43. The predicted molar refractivity (Wildman–Crippen MR) is 66.5 cm³/mol. The van der Waals surface area contributed by atoms with Gasteiger partial charge in [-0.1, -0.05) is 6.92 Å². The van der Waals surface area contributed by atoms with Gasteiger partial charge in [-0.25, -0.2) is 9.78 Å². The van der Waals surface area contributed by atoms with Gasteiger partial charge >= 0.3 is 12.1 Å². The lowest BCUT2D eigenvalue weighted by molar-refractivity contribution is -0.143. The zero-order chi connectivity index (χ0) is 15.0. The molecule has 1 aliphatic heterocycles. The highest BCUT2D eigenvalue weighted by atomic mass is 19.4. The first-order valence-corrected chi connectivity index (χ1v) is 6.35. The summed E-state index contributed by atoms with van der Waals surface area (Å²) in [7, 11) is 0. The first-order chi connectivity index (χ1) is 9.31. The van der Waals surface area contributed by atoms with Crippen LogP contribution in [0.2, 0.25) is 0 Å². The van der Waals surface area contributed by atoms with Crippen LogP contribution in [0.5, 0.6) is 0 Å². The Bertz CT molecular complexity index is 519. The van der Waals surface area contributed by atoms with Gasteiger partial charge < -0.3 is 10.0 Å². The molecule has 0 saturated carbocycles. The zero-order valence-electron chi connectivity index (χ0n) is 10.9. The number of halogens is 3. The molecule has 0 amide bonds. The van der Waals surface area contributed by atoms with Gasteiger partial charge in [0, 0.05) is 12.7 Å². The second-order valence-electron chi connectivity index (χ2n) is 4.85. The number of pyridine rings is 1. The number of nitrogens with zero attached hydrogens (tertiary/aromatic N) is 2. The van der Waals surface area contributed by atoms with Gasteiger partial charge in [-0.05, 0) is 31.4 Å². The average Bonchev–Trinajstić information content (AvgIpc) is 2.83. The molecule has 7 heteroatoms. The number of carboxylic acids is 1. The molecule has 1 unspecified atom stereocenters. The normalized spacial score (nSPS) is 23.1. The molecule has 0 aromatic carbocycles. The van der Waals surface area contributed by atoms with Gasteiger partial charge in [0.2, 0.25) is 0 Å². The van der Waals surface area contributed by atoms with E-state index in [2.05, 4.69) is 4.98 Å². The number of hydrogen-bond acceptors (Lipinski definition) is 3. The minimum absolute atomic E-state index is 0.0709. The van der Waals surface area contributed by atoms with Crippen LogP contribution < -0.4 is 4.90 Å². The topological polar surface area (TPSA) is 53.4 Å². The summed E-state index contributed by atoms with van der Waals surface area (Å²) in [6.07, 6.45) is -2.04. The van der Waals surface area contributed by atoms with Crippen molar-refractivity contribution in [2.45, 2.75) is 37.9 Å². The Morgan fingerprint density at radius 1 is 1.55 bits per heavy atom. The lowest BCUT2D eigenvalue weighted by Gasteiger charge is -2.35. The summed E-state index contributed by atoms with van der Waals surface area (Å²) in [5.74, 6) is -0.946. The summed E-state index contributed by atoms with van der Waals surface area (Å²) >= 11 is 0.